The zero-order valence-electron chi connectivity index (χ0n) is 15.6. The van der Waals surface area contributed by atoms with Crippen molar-refractivity contribution in [2.45, 2.75) is 0 Å². The van der Waals surface area contributed by atoms with Gasteiger partial charge in [-0.3, -0.25) is 5.41 Å². The third-order valence-electron chi connectivity index (χ3n) is 3.80. The molecule has 0 atom stereocenters. The van der Waals surface area contributed by atoms with Crippen LogP contribution in [0.3, 0.4) is 0 Å². The van der Waals surface area contributed by atoms with Crippen LogP contribution in [0.15, 0.2) is 48.8 Å². The van der Waals surface area contributed by atoms with Crippen molar-refractivity contribution < 1.29 is 18.7 Å². The van der Waals surface area contributed by atoms with Gasteiger partial charge in [-0.1, -0.05) is 23.7 Å². The fourth-order valence-electron chi connectivity index (χ4n) is 2.39. The highest BCUT2D eigenvalue weighted by atomic mass is 35.5. The number of ether oxygens (including phenoxy) is 2. The molecule has 9 nitrogen and oxygen atoms in total. The molecule has 2 amide bonds. The molecule has 0 aliphatic carbocycles. The van der Waals surface area contributed by atoms with Crippen molar-refractivity contribution in [1.29, 1.82) is 5.41 Å². The van der Waals surface area contributed by atoms with E-state index in [4.69, 9.17) is 32.2 Å². The van der Waals surface area contributed by atoms with E-state index in [2.05, 4.69) is 20.6 Å². The summed E-state index contributed by atoms with van der Waals surface area (Å²) in [6, 6.07) is 9.53. The first kappa shape index (κ1) is 20.8. The van der Waals surface area contributed by atoms with Crippen LogP contribution in [0.4, 0.5) is 26.4 Å². The van der Waals surface area contributed by atoms with Gasteiger partial charge < -0.3 is 25.8 Å². The van der Waals surface area contributed by atoms with E-state index < -0.39 is 11.8 Å². The van der Waals surface area contributed by atoms with E-state index in [-0.39, 0.29) is 45.3 Å². The van der Waals surface area contributed by atoms with E-state index >= 15 is 0 Å². The first-order valence-corrected chi connectivity index (χ1v) is 8.80. The number of anilines is 3. The zero-order valence-corrected chi connectivity index (χ0v) is 16.3. The molecule has 0 radical (unpaired) electrons. The number of rotatable bonds is 5. The lowest BCUT2D eigenvalue weighted by atomic mass is 10.2. The van der Waals surface area contributed by atoms with Crippen molar-refractivity contribution in [2.75, 3.05) is 23.5 Å². The summed E-state index contributed by atoms with van der Waals surface area (Å²) in [6.07, 6.45) is 1.18. The third kappa shape index (κ3) is 4.73. The first-order valence-electron chi connectivity index (χ1n) is 8.42. The number of nitrogens with one attached hydrogen (secondary N) is 3. The van der Waals surface area contributed by atoms with Gasteiger partial charge in [0.25, 0.3) is 0 Å². The average molecular weight is 431 g/mol. The Kier molecular flexibility index (Phi) is 6.28. The number of aromatic nitrogens is 2. The van der Waals surface area contributed by atoms with Gasteiger partial charge in [-0.2, -0.15) is 0 Å². The predicted octanol–water partition coefficient (Wildman–Crippen LogP) is 4.26. The van der Waals surface area contributed by atoms with Crippen LogP contribution in [-0.2, 0) is 4.74 Å². The molecule has 2 aromatic carbocycles. The summed E-state index contributed by atoms with van der Waals surface area (Å²) < 4.78 is 24.2. The van der Waals surface area contributed by atoms with Crippen LogP contribution in [0, 0.1) is 11.2 Å². The van der Waals surface area contributed by atoms with E-state index in [1.165, 1.54) is 49.8 Å². The van der Waals surface area contributed by atoms with Crippen LogP contribution < -0.4 is 21.1 Å². The Balaban J connectivity index is 1.75. The molecule has 0 bridgehead atoms. The minimum Gasteiger partial charge on any atom is -0.481 e. The number of urea groups is 1. The fraction of sp³-hybridized carbons (Fsp3) is 0.0526. The van der Waals surface area contributed by atoms with E-state index in [0.717, 1.165) is 0 Å². The van der Waals surface area contributed by atoms with Gasteiger partial charge in [-0.15, -0.1) is 0 Å². The number of para-hydroxylation sites is 1. The van der Waals surface area contributed by atoms with Crippen LogP contribution in [0.1, 0.15) is 5.56 Å². The normalized spacial score (nSPS) is 10.2. The number of methoxy groups -OCH3 is 1. The number of amides is 2. The number of halogens is 2. The molecular formula is C19H16ClFN6O3. The molecule has 1 aromatic heterocycles. The molecule has 0 saturated heterocycles. The number of nitrogen functional groups attached to an aromatic ring is 1. The number of nitrogens with zero attached hydrogens (tertiary/aromatic N) is 2. The summed E-state index contributed by atoms with van der Waals surface area (Å²) in [5.41, 5.74) is 6.16. The number of carbonyl (C=O) groups is 1. The minimum atomic E-state index is -0.671. The molecule has 154 valence electrons. The standard InChI is InChI=1S/C19H16ClFN6O3/c1-29-17(23)15-16(22)24-9-25-18(15)30-10-6-7-13(11(20)8-10)26-19(28)27-14-5-3-2-4-12(14)21/h2-9,23H,1H3,(H2,22,24,25)(H2,26,27,28). The van der Waals surface area contributed by atoms with Crippen molar-refractivity contribution in [3.8, 4) is 11.6 Å². The van der Waals surface area contributed by atoms with Crippen molar-refractivity contribution in [3.05, 3.63) is 65.2 Å². The molecular weight excluding hydrogens is 415 g/mol. The second-order valence-electron chi connectivity index (χ2n) is 5.77. The number of benzene rings is 2. The number of nitrogens with two attached hydrogens (primary N) is 1. The highest BCUT2D eigenvalue weighted by molar-refractivity contribution is 6.34. The molecule has 0 spiro atoms. The van der Waals surface area contributed by atoms with E-state index in [1.807, 2.05) is 0 Å². The molecule has 5 N–H and O–H groups in total. The second kappa shape index (κ2) is 9.05. The Morgan fingerprint density at radius 1 is 1.17 bits per heavy atom. The van der Waals surface area contributed by atoms with Gasteiger partial charge >= 0.3 is 6.03 Å². The Hall–Kier alpha value is -3.92. The molecule has 11 heteroatoms. The van der Waals surface area contributed by atoms with E-state index in [0.29, 0.717) is 0 Å². The van der Waals surface area contributed by atoms with Gasteiger partial charge in [-0.25, -0.2) is 19.2 Å². The Morgan fingerprint density at radius 3 is 2.60 bits per heavy atom. The molecule has 0 aliphatic rings. The average Bonchev–Trinajstić information content (AvgIpc) is 2.71. The smallest absolute Gasteiger partial charge is 0.323 e. The number of carbonyl (C=O) groups excluding carboxylic acids is 1. The maximum absolute atomic E-state index is 13.6. The molecule has 0 saturated carbocycles. The highest BCUT2D eigenvalue weighted by Crippen LogP contribution is 2.31. The molecule has 30 heavy (non-hydrogen) atoms. The maximum Gasteiger partial charge on any atom is 0.323 e. The van der Waals surface area contributed by atoms with Crippen molar-refractivity contribution >= 4 is 40.7 Å². The lowest BCUT2D eigenvalue weighted by molar-refractivity contribution is 0.262. The topological polar surface area (TPSA) is 135 Å². The minimum absolute atomic E-state index is 0.00317. The number of hydrogen-bond donors (Lipinski definition) is 4. The Morgan fingerprint density at radius 2 is 1.90 bits per heavy atom. The molecule has 3 rings (SSSR count). The third-order valence-corrected chi connectivity index (χ3v) is 4.11. The fourth-order valence-corrected chi connectivity index (χ4v) is 2.60. The lowest BCUT2D eigenvalue weighted by Gasteiger charge is -2.13. The second-order valence-corrected chi connectivity index (χ2v) is 6.18. The summed E-state index contributed by atoms with van der Waals surface area (Å²) in [4.78, 5) is 19.9. The molecule has 0 unspecified atom stereocenters. The largest absolute Gasteiger partial charge is 0.481 e. The maximum atomic E-state index is 13.6. The van der Waals surface area contributed by atoms with Crippen LogP contribution >= 0.6 is 11.6 Å². The van der Waals surface area contributed by atoms with Crippen LogP contribution in [0.25, 0.3) is 0 Å². The summed E-state index contributed by atoms with van der Waals surface area (Å²) in [5, 5.41) is 12.9. The Labute approximate surface area is 175 Å². The van der Waals surface area contributed by atoms with Gasteiger partial charge in [0.05, 0.1) is 23.5 Å². The van der Waals surface area contributed by atoms with Crippen molar-refractivity contribution in [3.63, 3.8) is 0 Å². The summed E-state index contributed by atoms with van der Waals surface area (Å²) in [6.45, 7) is 0. The zero-order chi connectivity index (χ0) is 21.7. The summed E-state index contributed by atoms with van der Waals surface area (Å²) in [7, 11) is 1.31. The van der Waals surface area contributed by atoms with Gasteiger partial charge in [-0.05, 0) is 24.3 Å². The highest BCUT2D eigenvalue weighted by Gasteiger charge is 2.18. The summed E-state index contributed by atoms with van der Waals surface area (Å²) >= 11 is 6.21. The predicted molar refractivity (Wildman–Crippen MR) is 111 cm³/mol. The van der Waals surface area contributed by atoms with Crippen molar-refractivity contribution in [2.24, 2.45) is 0 Å². The van der Waals surface area contributed by atoms with Gasteiger partial charge in [0, 0.05) is 6.07 Å². The molecule has 3 aromatic rings. The van der Waals surface area contributed by atoms with Crippen LogP contribution in [0.2, 0.25) is 5.02 Å². The first-order chi connectivity index (χ1) is 14.4. The summed E-state index contributed by atoms with van der Waals surface area (Å²) in [5.74, 6) is -0.547. The van der Waals surface area contributed by atoms with Crippen LogP contribution in [-0.4, -0.2) is 29.0 Å². The molecule has 1 heterocycles. The number of hydrogen-bond acceptors (Lipinski definition) is 7. The van der Waals surface area contributed by atoms with E-state index in [9.17, 15) is 9.18 Å². The van der Waals surface area contributed by atoms with Gasteiger partial charge in [0.15, 0.2) is 0 Å². The van der Waals surface area contributed by atoms with Crippen molar-refractivity contribution in [1.82, 2.24) is 9.97 Å². The Bertz CT molecular complexity index is 1110. The van der Waals surface area contributed by atoms with Crippen LogP contribution in [0.5, 0.6) is 11.6 Å². The van der Waals surface area contributed by atoms with Gasteiger partial charge in [0.1, 0.15) is 29.3 Å². The molecule has 0 aliphatic heterocycles. The molecule has 0 fully saturated rings. The SMILES string of the molecule is COC(=N)c1c(N)ncnc1Oc1ccc(NC(=O)Nc2ccccc2F)c(Cl)c1. The van der Waals surface area contributed by atoms with E-state index in [1.54, 1.807) is 6.07 Å². The quantitative estimate of drug-likeness (QED) is 0.353. The lowest BCUT2D eigenvalue weighted by Crippen LogP contribution is -2.20. The monoisotopic (exact) mass is 430 g/mol. The van der Waals surface area contributed by atoms with Gasteiger partial charge in [0.2, 0.25) is 11.8 Å².